The van der Waals surface area contributed by atoms with Gasteiger partial charge in [0.2, 0.25) is 5.91 Å². The average molecular weight is 297 g/mol. The summed E-state index contributed by atoms with van der Waals surface area (Å²) in [4.78, 5) is 14.3. The van der Waals surface area contributed by atoms with Gasteiger partial charge in [0.15, 0.2) is 0 Å². The Balaban J connectivity index is 0.00000200. The Bertz CT molecular complexity index is 406. The summed E-state index contributed by atoms with van der Waals surface area (Å²) >= 11 is 0. The van der Waals surface area contributed by atoms with E-state index in [1.165, 1.54) is 12.8 Å². The third-order valence-electron chi connectivity index (χ3n) is 3.64. The number of carbonyl (C=O) groups excluding carboxylic acids is 1. The summed E-state index contributed by atoms with van der Waals surface area (Å²) in [6.07, 6.45) is 3.98. The van der Waals surface area contributed by atoms with E-state index in [1.54, 1.807) is 0 Å². The van der Waals surface area contributed by atoms with Gasteiger partial charge in [0, 0.05) is 25.6 Å². The highest BCUT2D eigenvalue weighted by Gasteiger charge is 2.27. The van der Waals surface area contributed by atoms with Gasteiger partial charge in [0.05, 0.1) is 0 Å². The Morgan fingerprint density at radius 2 is 2.00 bits per heavy atom. The molecule has 0 bridgehead atoms. The minimum absolute atomic E-state index is 0. The lowest BCUT2D eigenvalue weighted by molar-refractivity contribution is -0.131. The minimum Gasteiger partial charge on any atom is -0.342 e. The van der Waals surface area contributed by atoms with Crippen molar-refractivity contribution in [3.63, 3.8) is 0 Å². The van der Waals surface area contributed by atoms with Crippen molar-refractivity contribution in [3.8, 4) is 0 Å². The predicted octanol–water partition coefficient (Wildman–Crippen LogP) is 3.15. The quantitative estimate of drug-likeness (QED) is 0.840. The van der Waals surface area contributed by atoms with Gasteiger partial charge in [-0.05, 0) is 30.7 Å². The molecule has 1 aliphatic rings. The van der Waals surface area contributed by atoms with Gasteiger partial charge in [-0.25, -0.2) is 0 Å². The number of halogens is 1. The number of benzene rings is 1. The van der Waals surface area contributed by atoms with Crippen molar-refractivity contribution >= 4 is 18.3 Å². The normalized spacial score (nSPS) is 15.3. The van der Waals surface area contributed by atoms with Crippen LogP contribution in [0.4, 0.5) is 0 Å². The van der Waals surface area contributed by atoms with E-state index in [2.05, 4.69) is 6.92 Å². The second-order valence-corrected chi connectivity index (χ2v) is 5.50. The molecule has 1 atom stereocenters. The van der Waals surface area contributed by atoms with Crippen molar-refractivity contribution in [3.05, 3.63) is 35.9 Å². The number of rotatable bonds is 7. The molecule has 1 aromatic carbocycles. The van der Waals surface area contributed by atoms with Crippen LogP contribution in [0.3, 0.4) is 0 Å². The average Bonchev–Trinajstić information content (AvgIpc) is 3.23. The molecule has 0 spiro atoms. The summed E-state index contributed by atoms with van der Waals surface area (Å²) in [6, 6.07) is 9.69. The number of carbonyl (C=O) groups is 1. The van der Waals surface area contributed by atoms with Crippen LogP contribution in [0.2, 0.25) is 0 Å². The van der Waals surface area contributed by atoms with Crippen molar-refractivity contribution in [2.45, 2.75) is 38.6 Å². The Labute approximate surface area is 127 Å². The highest BCUT2D eigenvalue weighted by Crippen LogP contribution is 2.30. The molecular weight excluding hydrogens is 272 g/mol. The van der Waals surface area contributed by atoms with Crippen LogP contribution in [0.1, 0.15) is 44.2 Å². The lowest BCUT2D eigenvalue weighted by Gasteiger charge is -2.24. The fourth-order valence-corrected chi connectivity index (χ4v) is 2.34. The summed E-state index contributed by atoms with van der Waals surface area (Å²) in [5, 5.41) is 0. The number of hydrogen-bond donors (Lipinski definition) is 1. The van der Waals surface area contributed by atoms with Crippen LogP contribution >= 0.6 is 12.4 Å². The molecule has 4 heteroatoms. The Hall–Kier alpha value is -1.06. The molecule has 0 radical (unpaired) electrons. The Morgan fingerprint density at radius 3 is 2.55 bits per heavy atom. The summed E-state index contributed by atoms with van der Waals surface area (Å²) in [6.45, 7) is 3.90. The monoisotopic (exact) mass is 296 g/mol. The maximum absolute atomic E-state index is 12.3. The van der Waals surface area contributed by atoms with Crippen molar-refractivity contribution in [2.24, 2.45) is 11.7 Å². The van der Waals surface area contributed by atoms with Crippen LogP contribution in [-0.4, -0.2) is 23.9 Å². The Morgan fingerprint density at radius 1 is 1.35 bits per heavy atom. The molecule has 0 aromatic heterocycles. The molecular formula is C16H25ClN2O. The number of nitrogens with two attached hydrogens (primary N) is 1. The summed E-state index contributed by atoms with van der Waals surface area (Å²) in [5.41, 5.74) is 7.17. The van der Waals surface area contributed by atoms with E-state index in [-0.39, 0.29) is 24.4 Å². The largest absolute Gasteiger partial charge is 0.342 e. The zero-order valence-corrected chi connectivity index (χ0v) is 12.9. The van der Waals surface area contributed by atoms with Gasteiger partial charge in [-0.1, -0.05) is 37.3 Å². The highest BCUT2D eigenvalue weighted by atomic mass is 35.5. The SMILES string of the molecule is CCCN(CC1CC1)C(=O)CC(N)c1ccccc1.Cl. The zero-order valence-electron chi connectivity index (χ0n) is 12.1. The summed E-state index contributed by atoms with van der Waals surface area (Å²) in [7, 11) is 0. The lowest BCUT2D eigenvalue weighted by atomic mass is 10.0. The molecule has 1 saturated carbocycles. The first kappa shape index (κ1) is 17.0. The van der Waals surface area contributed by atoms with Gasteiger partial charge < -0.3 is 10.6 Å². The molecule has 1 unspecified atom stereocenters. The molecule has 1 aromatic rings. The first-order valence-corrected chi connectivity index (χ1v) is 7.29. The van der Waals surface area contributed by atoms with Crippen LogP contribution in [0, 0.1) is 5.92 Å². The predicted molar refractivity (Wildman–Crippen MR) is 84.8 cm³/mol. The smallest absolute Gasteiger partial charge is 0.224 e. The van der Waals surface area contributed by atoms with E-state index in [1.807, 2.05) is 35.2 Å². The molecule has 0 heterocycles. The van der Waals surface area contributed by atoms with Crippen LogP contribution in [0.15, 0.2) is 30.3 Å². The van der Waals surface area contributed by atoms with Gasteiger partial charge in [-0.2, -0.15) is 0 Å². The third-order valence-corrected chi connectivity index (χ3v) is 3.64. The maximum Gasteiger partial charge on any atom is 0.224 e. The van der Waals surface area contributed by atoms with E-state index < -0.39 is 0 Å². The summed E-state index contributed by atoms with van der Waals surface area (Å²) < 4.78 is 0. The van der Waals surface area contributed by atoms with Gasteiger partial charge >= 0.3 is 0 Å². The maximum atomic E-state index is 12.3. The first-order valence-electron chi connectivity index (χ1n) is 7.29. The number of amides is 1. The second-order valence-electron chi connectivity index (χ2n) is 5.50. The second kappa shape index (κ2) is 8.28. The molecule has 0 saturated heterocycles. The van der Waals surface area contributed by atoms with Gasteiger partial charge in [-0.3, -0.25) is 4.79 Å². The van der Waals surface area contributed by atoms with E-state index in [0.29, 0.717) is 6.42 Å². The number of nitrogens with zero attached hydrogens (tertiary/aromatic N) is 1. The van der Waals surface area contributed by atoms with Crippen LogP contribution in [-0.2, 0) is 4.79 Å². The van der Waals surface area contributed by atoms with Crippen LogP contribution in [0.5, 0.6) is 0 Å². The molecule has 2 rings (SSSR count). The molecule has 1 amide bonds. The number of hydrogen-bond acceptors (Lipinski definition) is 2. The third kappa shape index (κ3) is 5.14. The molecule has 1 fully saturated rings. The molecule has 112 valence electrons. The molecule has 20 heavy (non-hydrogen) atoms. The minimum atomic E-state index is -0.188. The van der Waals surface area contributed by atoms with Gasteiger partial charge in [0.1, 0.15) is 0 Å². The molecule has 2 N–H and O–H groups in total. The Kier molecular flexibility index (Phi) is 7.03. The molecule has 3 nitrogen and oxygen atoms in total. The molecule has 1 aliphatic carbocycles. The van der Waals surface area contributed by atoms with E-state index in [0.717, 1.165) is 31.0 Å². The standard InChI is InChI=1S/C16H24N2O.ClH/c1-2-10-18(12-13-8-9-13)16(19)11-15(17)14-6-4-3-5-7-14;/h3-7,13,15H,2,8-12,17H2,1H3;1H. The van der Waals surface area contributed by atoms with E-state index >= 15 is 0 Å². The molecule has 0 aliphatic heterocycles. The highest BCUT2D eigenvalue weighted by molar-refractivity contribution is 5.85. The van der Waals surface area contributed by atoms with Gasteiger partial charge in [-0.15, -0.1) is 12.4 Å². The van der Waals surface area contributed by atoms with Crippen molar-refractivity contribution in [1.29, 1.82) is 0 Å². The zero-order chi connectivity index (χ0) is 13.7. The van der Waals surface area contributed by atoms with Crippen LogP contribution in [0.25, 0.3) is 0 Å². The fraction of sp³-hybridized carbons (Fsp3) is 0.562. The van der Waals surface area contributed by atoms with E-state index in [4.69, 9.17) is 5.73 Å². The fourth-order valence-electron chi connectivity index (χ4n) is 2.34. The van der Waals surface area contributed by atoms with E-state index in [9.17, 15) is 4.79 Å². The van der Waals surface area contributed by atoms with Crippen molar-refractivity contribution < 1.29 is 4.79 Å². The van der Waals surface area contributed by atoms with Crippen LogP contribution < -0.4 is 5.73 Å². The first-order chi connectivity index (χ1) is 9.20. The van der Waals surface area contributed by atoms with Crippen molar-refractivity contribution in [2.75, 3.05) is 13.1 Å². The lowest BCUT2D eigenvalue weighted by Crippen LogP contribution is -2.35. The van der Waals surface area contributed by atoms with Crippen molar-refractivity contribution in [1.82, 2.24) is 4.90 Å². The summed E-state index contributed by atoms with van der Waals surface area (Å²) in [5.74, 6) is 0.938. The topological polar surface area (TPSA) is 46.3 Å². The van der Waals surface area contributed by atoms with Gasteiger partial charge in [0.25, 0.3) is 0 Å².